The van der Waals surface area contributed by atoms with E-state index < -0.39 is 5.97 Å². The molecule has 0 unspecified atom stereocenters. The molecule has 0 saturated heterocycles. The van der Waals surface area contributed by atoms with Crippen LogP contribution in [0.2, 0.25) is 5.02 Å². The number of rotatable bonds is 1. The minimum absolute atomic E-state index is 0.395. The fourth-order valence-corrected chi connectivity index (χ4v) is 1.96. The van der Waals surface area contributed by atoms with Crippen LogP contribution >= 0.6 is 11.6 Å². The second-order valence-corrected chi connectivity index (χ2v) is 3.84. The van der Waals surface area contributed by atoms with Crippen molar-refractivity contribution in [3.05, 3.63) is 27.8 Å². The molecule has 0 radical (unpaired) electrons. The Bertz CT molecular complexity index is 426. The second kappa shape index (κ2) is 3.74. The van der Waals surface area contributed by atoms with Crippen LogP contribution in [0.5, 0.6) is 5.75 Å². The molecule has 4 heteroatoms. The van der Waals surface area contributed by atoms with E-state index in [1.165, 1.54) is 7.11 Å². The lowest BCUT2D eigenvalue weighted by Gasteiger charge is -2.10. The van der Waals surface area contributed by atoms with Gasteiger partial charge in [0.05, 0.1) is 13.7 Å². The van der Waals surface area contributed by atoms with Crippen LogP contribution in [0.3, 0.4) is 0 Å². The van der Waals surface area contributed by atoms with E-state index in [0.29, 0.717) is 28.5 Å². The van der Waals surface area contributed by atoms with Gasteiger partial charge < -0.3 is 9.47 Å². The van der Waals surface area contributed by atoms with Crippen LogP contribution in [-0.2, 0) is 11.2 Å². The lowest BCUT2D eigenvalue weighted by atomic mass is 10.0. The lowest BCUT2D eigenvalue weighted by Crippen LogP contribution is -2.06. The van der Waals surface area contributed by atoms with Crippen LogP contribution in [0.25, 0.3) is 0 Å². The molecule has 0 saturated carbocycles. The van der Waals surface area contributed by atoms with Gasteiger partial charge in [0, 0.05) is 11.4 Å². The fraction of sp³-hybridized carbons (Fsp3) is 0.364. The Hall–Kier alpha value is -1.22. The van der Waals surface area contributed by atoms with E-state index in [2.05, 4.69) is 0 Å². The van der Waals surface area contributed by atoms with Gasteiger partial charge in [-0.2, -0.15) is 0 Å². The molecule has 0 spiro atoms. The maximum absolute atomic E-state index is 11.6. The van der Waals surface area contributed by atoms with E-state index in [1.807, 2.05) is 6.07 Å². The van der Waals surface area contributed by atoms with Crippen LogP contribution in [0.4, 0.5) is 0 Å². The molecule has 0 N–H and O–H groups in total. The molecule has 0 aliphatic carbocycles. The Labute approximate surface area is 92.9 Å². The SMILES string of the molecule is COC(=O)c1c(C)c(Cl)cc2c1OCC2. The molecule has 1 aliphatic heterocycles. The number of benzene rings is 1. The summed E-state index contributed by atoms with van der Waals surface area (Å²) in [4.78, 5) is 11.6. The third-order valence-corrected chi connectivity index (χ3v) is 2.95. The first-order valence-electron chi connectivity index (χ1n) is 4.68. The first-order valence-corrected chi connectivity index (χ1v) is 5.06. The Morgan fingerprint density at radius 1 is 1.60 bits per heavy atom. The van der Waals surface area contributed by atoms with Gasteiger partial charge in [0.25, 0.3) is 0 Å². The van der Waals surface area contributed by atoms with Crippen molar-refractivity contribution in [1.82, 2.24) is 0 Å². The van der Waals surface area contributed by atoms with Gasteiger partial charge in [0.15, 0.2) is 0 Å². The average molecular weight is 227 g/mol. The molecule has 15 heavy (non-hydrogen) atoms. The molecule has 0 bridgehead atoms. The van der Waals surface area contributed by atoms with Crippen molar-refractivity contribution < 1.29 is 14.3 Å². The Morgan fingerprint density at radius 3 is 3.00 bits per heavy atom. The molecule has 0 amide bonds. The maximum atomic E-state index is 11.6. The molecule has 1 aliphatic rings. The molecule has 0 fully saturated rings. The van der Waals surface area contributed by atoms with E-state index in [-0.39, 0.29) is 0 Å². The zero-order valence-electron chi connectivity index (χ0n) is 8.59. The van der Waals surface area contributed by atoms with Gasteiger partial charge >= 0.3 is 5.97 Å². The number of hydrogen-bond acceptors (Lipinski definition) is 3. The summed E-state index contributed by atoms with van der Waals surface area (Å²) in [5, 5.41) is 0.583. The topological polar surface area (TPSA) is 35.5 Å². The third kappa shape index (κ3) is 1.57. The zero-order valence-corrected chi connectivity index (χ0v) is 9.35. The number of carbonyl (C=O) groups is 1. The van der Waals surface area contributed by atoms with Gasteiger partial charge in [0.2, 0.25) is 0 Å². The van der Waals surface area contributed by atoms with Gasteiger partial charge in [-0.1, -0.05) is 11.6 Å². The Balaban J connectivity index is 2.65. The first-order chi connectivity index (χ1) is 7.15. The summed E-state index contributed by atoms with van der Waals surface area (Å²) in [6.45, 7) is 2.38. The molecule has 1 aromatic rings. The predicted octanol–water partition coefficient (Wildman–Crippen LogP) is 2.37. The van der Waals surface area contributed by atoms with Gasteiger partial charge in [-0.3, -0.25) is 0 Å². The van der Waals surface area contributed by atoms with Crippen LogP contribution in [0.1, 0.15) is 21.5 Å². The predicted molar refractivity (Wildman–Crippen MR) is 56.7 cm³/mol. The average Bonchev–Trinajstić information content (AvgIpc) is 2.66. The summed E-state index contributed by atoms with van der Waals surface area (Å²) in [5.41, 5.74) is 2.15. The number of halogens is 1. The van der Waals surface area contributed by atoms with Crippen molar-refractivity contribution in [2.45, 2.75) is 13.3 Å². The first kappa shape index (κ1) is 10.3. The summed E-state index contributed by atoms with van der Waals surface area (Å²) in [6.07, 6.45) is 0.791. The third-order valence-electron chi connectivity index (χ3n) is 2.56. The molecule has 0 aromatic heterocycles. The summed E-state index contributed by atoms with van der Waals surface area (Å²) in [7, 11) is 1.35. The van der Waals surface area contributed by atoms with Crippen molar-refractivity contribution in [2.24, 2.45) is 0 Å². The van der Waals surface area contributed by atoms with E-state index in [1.54, 1.807) is 6.92 Å². The molecular formula is C11H11ClO3. The highest BCUT2D eigenvalue weighted by atomic mass is 35.5. The van der Waals surface area contributed by atoms with Gasteiger partial charge in [-0.05, 0) is 24.1 Å². The molecule has 3 nitrogen and oxygen atoms in total. The molecule has 80 valence electrons. The number of hydrogen-bond donors (Lipinski definition) is 0. The van der Waals surface area contributed by atoms with E-state index in [4.69, 9.17) is 21.1 Å². The highest BCUT2D eigenvalue weighted by Gasteiger charge is 2.25. The van der Waals surface area contributed by atoms with E-state index in [0.717, 1.165) is 12.0 Å². The van der Waals surface area contributed by atoms with Crippen molar-refractivity contribution in [3.63, 3.8) is 0 Å². The Morgan fingerprint density at radius 2 is 2.33 bits per heavy atom. The largest absolute Gasteiger partial charge is 0.492 e. The van der Waals surface area contributed by atoms with Gasteiger partial charge in [0.1, 0.15) is 11.3 Å². The normalized spacial score (nSPS) is 13.3. The van der Waals surface area contributed by atoms with Crippen LogP contribution in [-0.4, -0.2) is 19.7 Å². The van der Waals surface area contributed by atoms with Crippen molar-refractivity contribution in [1.29, 1.82) is 0 Å². The molecule has 0 atom stereocenters. The quantitative estimate of drug-likeness (QED) is 0.690. The second-order valence-electron chi connectivity index (χ2n) is 3.44. The molecule has 1 aromatic carbocycles. The standard InChI is InChI=1S/C11H11ClO3/c1-6-8(12)5-7-3-4-15-10(7)9(6)11(13)14-2/h5H,3-4H2,1-2H3. The highest BCUT2D eigenvalue weighted by Crippen LogP contribution is 2.36. The Kier molecular flexibility index (Phi) is 2.57. The summed E-state index contributed by atoms with van der Waals surface area (Å²) >= 11 is 6.04. The molecular weight excluding hydrogens is 216 g/mol. The number of ether oxygens (including phenoxy) is 2. The molecule has 1 heterocycles. The summed E-state index contributed by atoms with van der Waals surface area (Å²) in [5.74, 6) is 0.233. The minimum Gasteiger partial charge on any atom is -0.492 e. The number of fused-ring (bicyclic) bond motifs is 1. The van der Waals surface area contributed by atoms with Crippen molar-refractivity contribution in [2.75, 3.05) is 13.7 Å². The van der Waals surface area contributed by atoms with Gasteiger partial charge in [-0.25, -0.2) is 4.79 Å². The zero-order chi connectivity index (χ0) is 11.0. The van der Waals surface area contributed by atoms with Crippen LogP contribution in [0.15, 0.2) is 6.07 Å². The monoisotopic (exact) mass is 226 g/mol. The number of carbonyl (C=O) groups excluding carboxylic acids is 1. The maximum Gasteiger partial charge on any atom is 0.341 e. The van der Waals surface area contributed by atoms with Crippen molar-refractivity contribution in [3.8, 4) is 5.75 Å². The van der Waals surface area contributed by atoms with E-state index >= 15 is 0 Å². The van der Waals surface area contributed by atoms with Gasteiger partial charge in [-0.15, -0.1) is 0 Å². The minimum atomic E-state index is -0.395. The summed E-state index contributed by atoms with van der Waals surface area (Å²) < 4.78 is 10.1. The molecule has 2 rings (SSSR count). The van der Waals surface area contributed by atoms with Crippen LogP contribution in [0, 0.1) is 6.92 Å². The fourth-order valence-electron chi connectivity index (χ4n) is 1.74. The highest BCUT2D eigenvalue weighted by molar-refractivity contribution is 6.32. The van der Waals surface area contributed by atoms with Crippen LogP contribution < -0.4 is 4.74 Å². The lowest BCUT2D eigenvalue weighted by molar-refractivity contribution is 0.0596. The van der Waals surface area contributed by atoms with E-state index in [9.17, 15) is 4.79 Å². The smallest absolute Gasteiger partial charge is 0.341 e. The summed E-state index contributed by atoms with van der Waals surface area (Å²) in [6, 6.07) is 1.85. The van der Waals surface area contributed by atoms with Crippen molar-refractivity contribution >= 4 is 17.6 Å². The number of methoxy groups -OCH3 is 1. The number of esters is 1.